The standard InChI is InChI=1S/C34H39ClN4O2S/c1-24-36-31-12-6-7-13-32(31)39(24)28-21-26-15-16-27(22-28)38(26)20-19-34(18-17-25-9-3-4-10-29(25)34)23-37(2)42(40,41)33-14-8-5-11-30(33)35/h3-14,26-28H,15-23H2,1-2H3/t26-,27+,28+,34-/m1/s1. The number of para-hydroxylation sites is 2. The maximum atomic E-state index is 13.7. The zero-order chi connectivity index (χ0) is 29.1. The highest BCUT2D eigenvalue weighted by Gasteiger charge is 2.46. The van der Waals surface area contributed by atoms with Crippen molar-refractivity contribution in [1.82, 2.24) is 18.8 Å². The number of imidazole rings is 1. The van der Waals surface area contributed by atoms with E-state index in [2.05, 4.69) is 64.9 Å². The number of aryl methyl sites for hydroxylation is 2. The van der Waals surface area contributed by atoms with Crippen molar-refractivity contribution in [3.63, 3.8) is 0 Å². The van der Waals surface area contributed by atoms with Crippen LogP contribution < -0.4 is 0 Å². The Labute approximate surface area is 254 Å². The number of sulfonamides is 1. The van der Waals surface area contributed by atoms with E-state index < -0.39 is 10.0 Å². The fourth-order valence-electron chi connectivity index (χ4n) is 8.39. The van der Waals surface area contributed by atoms with Gasteiger partial charge >= 0.3 is 0 Å². The lowest BCUT2D eigenvalue weighted by Gasteiger charge is -2.42. The van der Waals surface area contributed by atoms with Crippen LogP contribution in [0.3, 0.4) is 0 Å². The molecule has 0 saturated carbocycles. The van der Waals surface area contributed by atoms with Crippen molar-refractivity contribution >= 4 is 32.7 Å². The Bertz CT molecular complexity index is 1720. The molecule has 4 aromatic rings. The summed E-state index contributed by atoms with van der Waals surface area (Å²) in [5, 5.41) is 0.269. The van der Waals surface area contributed by atoms with Gasteiger partial charge in [0.15, 0.2) is 0 Å². The van der Waals surface area contributed by atoms with Crippen molar-refractivity contribution in [3.05, 3.63) is 94.8 Å². The molecule has 3 aromatic carbocycles. The lowest BCUT2D eigenvalue weighted by atomic mass is 9.78. The molecule has 220 valence electrons. The molecule has 42 heavy (non-hydrogen) atoms. The van der Waals surface area contributed by atoms with E-state index in [1.54, 1.807) is 35.6 Å². The number of aromatic nitrogens is 2. The van der Waals surface area contributed by atoms with Crippen LogP contribution in [-0.2, 0) is 21.9 Å². The van der Waals surface area contributed by atoms with Gasteiger partial charge in [-0.2, -0.15) is 4.31 Å². The highest BCUT2D eigenvalue weighted by atomic mass is 35.5. The van der Waals surface area contributed by atoms with E-state index in [4.69, 9.17) is 16.6 Å². The molecule has 1 aromatic heterocycles. The summed E-state index contributed by atoms with van der Waals surface area (Å²) in [7, 11) is -2.01. The van der Waals surface area contributed by atoms with Crippen LogP contribution in [0.5, 0.6) is 0 Å². The molecule has 2 saturated heterocycles. The lowest BCUT2D eigenvalue weighted by Crippen LogP contribution is -2.47. The summed E-state index contributed by atoms with van der Waals surface area (Å²) < 4.78 is 31.4. The highest BCUT2D eigenvalue weighted by molar-refractivity contribution is 7.89. The van der Waals surface area contributed by atoms with E-state index in [-0.39, 0.29) is 15.3 Å². The first-order valence-corrected chi connectivity index (χ1v) is 17.1. The van der Waals surface area contributed by atoms with Gasteiger partial charge in [0.05, 0.1) is 16.1 Å². The Hall–Kier alpha value is -2.71. The number of likely N-dealkylation sites (N-methyl/N-ethyl adjacent to an activating group) is 1. The summed E-state index contributed by atoms with van der Waals surface area (Å²) in [6.07, 6.45) is 7.63. The van der Waals surface area contributed by atoms with Crippen LogP contribution in [-0.4, -0.2) is 59.4 Å². The van der Waals surface area contributed by atoms with E-state index >= 15 is 0 Å². The van der Waals surface area contributed by atoms with Gasteiger partial charge in [-0.1, -0.05) is 60.1 Å². The van der Waals surface area contributed by atoms with Crippen LogP contribution >= 0.6 is 11.6 Å². The second kappa shape index (κ2) is 10.8. The summed E-state index contributed by atoms with van der Waals surface area (Å²) in [6, 6.07) is 25.5. The van der Waals surface area contributed by atoms with E-state index in [0.717, 1.165) is 50.0 Å². The molecular formula is C34H39ClN4O2S. The molecule has 6 nitrogen and oxygen atoms in total. The molecule has 0 amide bonds. The molecule has 2 fully saturated rings. The summed E-state index contributed by atoms with van der Waals surface area (Å²) in [6.45, 7) is 3.58. The normalized spacial score (nSPS) is 25.9. The number of nitrogens with zero attached hydrogens (tertiary/aromatic N) is 4. The average molecular weight is 603 g/mol. The third-order valence-corrected chi connectivity index (χ3v) is 12.7. The van der Waals surface area contributed by atoms with Crippen molar-refractivity contribution in [2.45, 2.75) is 80.3 Å². The third kappa shape index (κ3) is 4.69. The van der Waals surface area contributed by atoms with Gasteiger partial charge < -0.3 is 4.57 Å². The van der Waals surface area contributed by atoms with Gasteiger partial charge in [-0.25, -0.2) is 13.4 Å². The van der Waals surface area contributed by atoms with Crippen LogP contribution in [0.2, 0.25) is 5.02 Å². The maximum absolute atomic E-state index is 13.7. The van der Waals surface area contributed by atoms with Crippen LogP contribution in [0, 0.1) is 6.92 Å². The smallest absolute Gasteiger partial charge is 0.244 e. The van der Waals surface area contributed by atoms with Crippen LogP contribution in [0.4, 0.5) is 0 Å². The van der Waals surface area contributed by atoms with E-state index in [9.17, 15) is 8.42 Å². The van der Waals surface area contributed by atoms with Gasteiger partial charge in [0.1, 0.15) is 10.7 Å². The minimum atomic E-state index is -3.73. The molecule has 2 bridgehead atoms. The van der Waals surface area contributed by atoms with Gasteiger partial charge in [-0.15, -0.1) is 0 Å². The van der Waals surface area contributed by atoms with Crippen LogP contribution in [0.1, 0.15) is 61.5 Å². The molecule has 0 unspecified atom stereocenters. The molecular weight excluding hydrogens is 564 g/mol. The number of hydrogen-bond acceptors (Lipinski definition) is 4. The number of rotatable bonds is 8. The number of hydrogen-bond donors (Lipinski definition) is 0. The fourth-order valence-corrected chi connectivity index (χ4v) is 10.1. The number of benzene rings is 3. The Morgan fingerprint density at radius 3 is 2.43 bits per heavy atom. The zero-order valence-corrected chi connectivity index (χ0v) is 26.0. The lowest BCUT2D eigenvalue weighted by molar-refractivity contribution is 0.0949. The molecule has 7 rings (SSSR count). The van der Waals surface area contributed by atoms with E-state index in [1.807, 2.05) is 0 Å². The highest BCUT2D eigenvalue weighted by Crippen LogP contribution is 2.46. The Balaban J connectivity index is 1.13. The van der Waals surface area contributed by atoms with Crippen molar-refractivity contribution in [3.8, 4) is 0 Å². The first-order chi connectivity index (χ1) is 20.3. The maximum Gasteiger partial charge on any atom is 0.244 e. The Kier molecular flexibility index (Phi) is 7.21. The molecule has 3 aliphatic rings. The topological polar surface area (TPSA) is 58.4 Å². The summed E-state index contributed by atoms with van der Waals surface area (Å²) >= 11 is 6.36. The summed E-state index contributed by atoms with van der Waals surface area (Å²) in [4.78, 5) is 7.80. The second-order valence-corrected chi connectivity index (χ2v) is 15.1. The van der Waals surface area contributed by atoms with Crippen LogP contribution in [0.25, 0.3) is 11.0 Å². The number of piperidine rings is 1. The molecule has 0 radical (unpaired) electrons. The minimum Gasteiger partial charge on any atom is -0.325 e. The van der Waals surface area contributed by atoms with Crippen molar-refractivity contribution in [2.75, 3.05) is 20.1 Å². The summed E-state index contributed by atoms with van der Waals surface area (Å²) in [5.74, 6) is 1.11. The number of halogens is 1. The van der Waals surface area contributed by atoms with Crippen molar-refractivity contribution < 1.29 is 8.42 Å². The largest absolute Gasteiger partial charge is 0.325 e. The van der Waals surface area contributed by atoms with E-state index in [1.165, 1.54) is 29.5 Å². The molecule has 4 atom stereocenters. The van der Waals surface area contributed by atoms with Gasteiger partial charge in [-0.05, 0) is 93.8 Å². The first-order valence-electron chi connectivity index (χ1n) is 15.3. The molecule has 8 heteroatoms. The predicted octanol–water partition coefficient (Wildman–Crippen LogP) is 6.76. The fraction of sp³-hybridized carbons (Fsp3) is 0.441. The minimum absolute atomic E-state index is 0.179. The van der Waals surface area contributed by atoms with Gasteiger partial charge in [0, 0.05) is 37.1 Å². The quantitative estimate of drug-likeness (QED) is 0.224. The third-order valence-electron chi connectivity index (χ3n) is 10.4. The Morgan fingerprint density at radius 2 is 1.64 bits per heavy atom. The Morgan fingerprint density at radius 1 is 0.952 bits per heavy atom. The van der Waals surface area contributed by atoms with Gasteiger partial charge in [0.25, 0.3) is 0 Å². The summed E-state index contributed by atoms with van der Waals surface area (Å²) in [5.41, 5.74) is 4.77. The zero-order valence-electron chi connectivity index (χ0n) is 24.4. The molecule has 0 N–H and O–H groups in total. The molecule has 3 heterocycles. The second-order valence-electron chi connectivity index (χ2n) is 12.6. The monoisotopic (exact) mass is 602 g/mol. The first kappa shape index (κ1) is 28.1. The number of fused-ring (bicyclic) bond motifs is 4. The predicted molar refractivity (Wildman–Crippen MR) is 169 cm³/mol. The van der Waals surface area contributed by atoms with Crippen molar-refractivity contribution in [1.29, 1.82) is 0 Å². The van der Waals surface area contributed by atoms with Crippen molar-refractivity contribution in [2.24, 2.45) is 0 Å². The molecule has 0 spiro atoms. The molecule has 2 aliphatic heterocycles. The van der Waals surface area contributed by atoms with Gasteiger partial charge in [-0.3, -0.25) is 4.90 Å². The van der Waals surface area contributed by atoms with Gasteiger partial charge in [0.2, 0.25) is 10.0 Å². The van der Waals surface area contributed by atoms with Crippen LogP contribution in [0.15, 0.2) is 77.7 Å². The average Bonchev–Trinajstić information content (AvgIpc) is 3.59. The molecule has 1 aliphatic carbocycles. The van der Waals surface area contributed by atoms with E-state index in [0.29, 0.717) is 24.7 Å². The SMILES string of the molecule is Cc1nc2ccccc2n1[C@H]1C[C@H]2CC[C@@H](C1)N2CC[C@@]1(CN(C)S(=O)(=O)c2ccccc2Cl)CCc2ccccc21.